The quantitative estimate of drug-likeness (QED) is 0.363. The first-order valence-electron chi connectivity index (χ1n) is 11.8. The summed E-state index contributed by atoms with van der Waals surface area (Å²) < 4.78 is 55.8. The van der Waals surface area contributed by atoms with Gasteiger partial charge in [0.05, 0.1) is 16.8 Å². The van der Waals surface area contributed by atoms with Gasteiger partial charge in [0.25, 0.3) is 5.91 Å². The summed E-state index contributed by atoms with van der Waals surface area (Å²) in [4.78, 5) is 16.5. The third-order valence-electron chi connectivity index (χ3n) is 6.81. The molecular formula is C26H24F4N6O. The summed E-state index contributed by atoms with van der Waals surface area (Å²) in [5.74, 6) is -1.21. The number of alkyl halides is 3. The lowest BCUT2D eigenvalue weighted by atomic mass is 10.0. The van der Waals surface area contributed by atoms with Gasteiger partial charge in [0.15, 0.2) is 5.82 Å². The van der Waals surface area contributed by atoms with Crippen LogP contribution in [-0.4, -0.2) is 57.0 Å². The number of aromatic nitrogens is 4. The number of benzene rings is 2. The number of carbonyl (C=O) groups excluding carboxylic acids is 1. The third kappa shape index (κ3) is 4.61. The van der Waals surface area contributed by atoms with Gasteiger partial charge < -0.3 is 9.80 Å². The summed E-state index contributed by atoms with van der Waals surface area (Å²) >= 11 is 0. The standard InChI is InChI=1S/C26H24F4N6O/c1-34(25(37)20-10-9-16(27)14-21(20)26(28,29)30)17-6-5-13-36(15-17)24-19-8-4-3-7-18(19)23(32-33-24)22-11-12-31-35(22)2/h3-4,7-12,14,17H,5-6,13,15H2,1-2H3. The van der Waals surface area contributed by atoms with Gasteiger partial charge in [-0.15, -0.1) is 10.2 Å². The highest BCUT2D eigenvalue weighted by atomic mass is 19.4. The van der Waals surface area contributed by atoms with Crippen LogP contribution in [0.3, 0.4) is 0 Å². The Bertz CT molecular complexity index is 1470. The highest BCUT2D eigenvalue weighted by Gasteiger charge is 2.38. The predicted octanol–water partition coefficient (Wildman–Crippen LogP) is 4.93. The first-order valence-corrected chi connectivity index (χ1v) is 11.8. The highest BCUT2D eigenvalue weighted by Crippen LogP contribution is 2.35. The lowest BCUT2D eigenvalue weighted by Crippen LogP contribution is -2.49. The van der Waals surface area contributed by atoms with Gasteiger partial charge in [-0.3, -0.25) is 9.48 Å². The number of fused-ring (bicyclic) bond motifs is 1. The van der Waals surface area contributed by atoms with Crippen molar-refractivity contribution >= 4 is 22.5 Å². The Kier molecular flexibility index (Phi) is 6.30. The van der Waals surface area contributed by atoms with Crippen LogP contribution in [0.5, 0.6) is 0 Å². The Morgan fingerprint density at radius 1 is 1.08 bits per heavy atom. The van der Waals surface area contributed by atoms with Crippen molar-refractivity contribution in [2.24, 2.45) is 7.05 Å². The van der Waals surface area contributed by atoms with Crippen LogP contribution in [0.2, 0.25) is 0 Å². The monoisotopic (exact) mass is 512 g/mol. The molecule has 2 aromatic carbocycles. The van der Waals surface area contributed by atoms with Gasteiger partial charge in [-0.05, 0) is 37.1 Å². The Hall–Kier alpha value is -4.02. The summed E-state index contributed by atoms with van der Waals surface area (Å²) in [5, 5.41) is 15.0. The molecule has 1 aliphatic heterocycles. The Labute approximate surface area is 210 Å². The summed E-state index contributed by atoms with van der Waals surface area (Å²) in [5.41, 5.74) is -0.341. The molecule has 0 N–H and O–H groups in total. The van der Waals surface area contributed by atoms with Crippen molar-refractivity contribution in [1.82, 2.24) is 24.9 Å². The molecule has 192 valence electrons. The average Bonchev–Trinajstić information content (AvgIpc) is 3.32. The maximum Gasteiger partial charge on any atom is 0.417 e. The maximum absolute atomic E-state index is 13.6. The number of hydrogen-bond donors (Lipinski definition) is 0. The van der Waals surface area contributed by atoms with E-state index in [0.717, 1.165) is 28.6 Å². The van der Waals surface area contributed by atoms with Crippen molar-refractivity contribution in [3.05, 3.63) is 71.7 Å². The van der Waals surface area contributed by atoms with Gasteiger partial charge in [0.2, 0.25) is 0 Å². The molecular weight excluding hydrogens is 488 g/mol. The minimum absolute atomic E-state index is 0.361. The Balaban J connectivity index is 1.45. The van der Waals surface area contributed by atoms with Crippen molar-refractivity contribution in [2.45, 2.75) is 25.1 Å². The van der Waals surface area contributed by atoms with Gasteiger partial charge in [0, 0.05) is 50.2 Å². The minimum atomic E-state index is -4.85. The van der Waals surface area contributed by atoms with E-state index in [2.05, 4.69) is 15.3 Å². The lowest BCUT2D eigenvalue weighted by molar-refractivity contribution is -0.138. The van der Waals surface area contributed by atoms with E-state index >= 15 is 0 Å². The lowest BCUT2D eigenvalue weighted by Gasteiger charge is -2.38. The van der Waals surface area contributed by atoms with Crippen LogP contribution in [0, 0.1) is 5.82 Å². The summed E-state index contributed by atoms with van der Waals surface area (Å²) in [6.45, 7) is 1.03. The van der Waals surface area contributed by atoms with Crippen LogP contribution < -0.4 is 4.90 Å². The molecule has 11 heteroatoms. The smallest absolute Gasteiger partial charge is 0.353 e. The molecule has 5 rings (SSSR count). The first-order chi connectivity index (χ1) is 17.6. The van der Waals surface area contributed by atoms with Crippen molar-refractivity contribution < 1.29 is 22.4 Å². The number of likely N-dealkylation sites (N-methyl/N-ethyl adjacent to an activating group) is 1. The molecule has 0 radical (unpaired) electrons. The number of hydrogen-bond acceptors (Lipinski definition) is 5. The fraction of sp³-hybridized carbons (Fsp3) is 0.308. The maximum atomic E-state index is 13.6. The second-order valence-electron chi connectivity index (χ2n) is 9.10. The number of rotatable bonds is 4. The van der Waals surface area contributed by atoms with Crippen LogP contribution in [-0.2, 0) is 13.2 Å². The van der Waals surface area contributed by atoms with Gasteiger partial charge in [-0.1, -0.05) is 24.3 Å². The van der Waals surface area contributed by atoms with Crippen molar-refractivity contribution in [3.8, 4) is 11.4 Å². The largest absolute Gasteiger partial charge is 0.417 e. The molecule has 1 atom stereocenters. The van der Waals surface area contributed by atoms with E-state index in [-0.39, 0.29) is 6.04 Å². The van der Waals surface area contributed by atoms with E-state index < -0.39 is 29.0 Å². The van der Waals surface area contributed by atoms with Crippen molar-refractivity contribution in [1.29, 1.82) is 0 Å². The number of anilines is 1. The molecule has 0 bridgehead atoms. The molecule has 1 amide bonds. The van der Waals surface area contributed by atoms with Crippen LogP contribution in [0.1, 0.15) is 28.8 Å². The van der Waals surface area contributed by atoms with Crippen LogP contribution in [0.15, 0.2) is 54.7 Å². The van der Waals surface area contributed by atoms with E-state index in [1.165, 1.54) is 11.9 Å². The average molecular weight is 513 g/mol. The van der Waals surface area contributed by atoms with Crippen molar-refractivity contribution in [2.75, 3.05) is 25.0 Å². The minimum Gasteiger partial charge on any atom is -0.353 e. The third-order valence-corrected chi connectivity index (χ3v) is 6.81. The van der Waals surface area contributed by atoms with Crippen molar-refractivity contribution in [3.63, 3.8) is 0 Å². The van der Waals surface area contributed by atoms with Crippen LogP contribution in [0.4, 0.5) is 23.4 Å². The number of amides is 1. The molecule has 4 aromatic rings. The summed E-state index contributed by atoms with van der Waals surface area (Å²) in [6.07, 6.45) is -1.85. The molecule has 0 saturated carbocycles. The summed E-state index contributed by atoms with van der Waals surface area (Å²) in [6, 6.07) is 11.3. The number of aryl methyl sites for hydroxylation is 1. The number of halogens is 4. The molecule has 1 aliphatic rings. The molecule has 7 nitrogen and oxygen atoms in total. The van der Waals surface area contributed by atoms with Gasteiger partial charge in [-0.2, -0.15) is 18.3 Å². The molecule has 1 fully saturated rings. The second kappa shape index (κ2) is 9.45. The van der Waals surface area contributed by atoms with E-state index in [9.17, 15) is 22.4 Å². The molecule has 1 saturated heterocycles. The number of piperidine rings is 1. The zero-order valence-corrected chi connectivity index (χ0v) is 20.2. The molecule has 37 heavy (non-hydrogen) atoms. The predicted molar refractivity (Wildman–Crippen MR) is 130 cm³/mol. The molecule has 1 unspecified atom stereocenters. The topological polar surface area (TPSA) is 67.2 Å². The normalized spacial score (nSPS) is 16.3. The molecule has 2 aromatic heterocycles. The van der Waals surface area contributed by atoms with Gasteiger partial charge >= 0.3 is 6.18 Å². The van der Waals surface area contributed by atoms with E-state index in [1.807, 2.05) is 42.3 Å². The number of nitrogens with zero attached hydrogens (tertiary/aromatic N) is 6. The SMILES string of the molecule is CN(C(=O)c1ccc(F)cc1C(F)(F)F)C1CCCN(c2nnc(-c3ccnn3C)c3ccccc23)C1. The van der Waals surface area contributed by atoms with E-state index in [0.29, 0.717) is 43.5 Å². The Morgan fingerprint density at radius 3 is 2.54 bits per heavy atom. The fourth-order valence-corrected chi connectivity index (χ4v) is 4.88. The zero-order chi connectivity index (χ0) is 26.3. The van der Waals surface area contributed by atoms with E-state index in [1.54, 1.807) is 10.9 Å². The first kappa shape index (κ1) is 24.7. The number of carbonyl (C=O) groups is 1. The zero-order valence-electron chi connectivity index (χ0n) is 20.2. The van der Waals surface area contributed by atoms with Gasteiger partial charge in [0.1, 0.15) is 11.5 Å². The summed E-state index contributed by atoms with van der Waals surface area (Å²) in [7, 11) is 3.31. The van der Waals surface area contributed by atoms with Crippen LogP contribution in [0.25, 0.3) is 22.2 Å². The van der Waals surface area contributed by atoms with Gasteiger partial charge in [-0.25, -0.2) is 4.39 Å². The van der Waals surface area contributed by atoms with Crippen LogP contribution >= 0.6 is 0 Å². The fourth-order valence-electron chi connectivity index (χ4n) is 4.88. The molecule has 3 heterocycles. The second-order valence-corrected chi connectivity index (χ2v) is 9.10. The van der Waals surface area contributed by atoms with E-state index in [4.69, 9.17) is 0 Å². The highest BCUT2D eigenvalue weighted by molar-refractivity contribution is 6.00. The molecule has 0 spiro atoms. The molecule has 0 aliphatic carbocycles. The Morgan fingerprint density at radius 2 is 1.84 bits per heavy atom.